The van der Waals surface area contributed by atoms with Gasteiger partial charge in [-0.3, -0.25) is 4.98 Å². The van der Waals surface area contributed by atoms with Crippen LogP contribution in [0.25, 0.3) is 10.2 Å². The molecule has 0 aliphatic carbocycles. The average molecular weight is 304 g/mol. The fraction of sp³-hybridized carbons (Fsp3) is 0.562. The molecular weight excluding hydrogens is 284 g/mol. The molecule has 3 atom stereocenters. The summed E-state index contributed by atoms with van der Waals surface area (Å²) in [5.41, 5.74) is 8.67. The zero-order valence-corrected chi connectivity index (χ0v) is 12.8. The van der Waals surface area contributed by atoms with E-state index >= 15 is 0 Å². The van der Waals surface area contributed by atoms with Gasteiger partial charge in [0.25, 0.3) is 0 Å². The first-order valence-electron chi connectivity index (χ1n) is 7.56. The maximum absolute atomic E-state index is 6.55. The summed E-state index contributed by atoms with van der Waals surface area (Å²) in [5, 5.41) is 2.08. The van der Waals surface area contributed by atoms with Crippen LogP contribution in [0, 0.1) is 5.92 Å². The molecule has 2 fully saturated rings. The number of hydrogen-bond donors (Lipinski definition) is 1. The van der Waals surface area contributed by atoms with Crippen LogP contribution < -0.4 is 5.73 Å². The SMILES string of the molecule is NC(c1cnc2ccsc2c1)C1CCOC2(CCOC2)C1. The van der Waals surface area contributed by atoms with Crippen molar-refractivity contribution < 1.29 is 9.47 Å². The van der Waals surface area contributed by atoms with Crippen LogP contribution in [-0.4, -0.2) is 30.4 Å². The maximum Gasteiger partial charge on any atom is 0.0940 e. The van der Waals surface area contributed by atoms with E-state index in [9.17, 15) is 0 Å². The van der Waals surface area contributed by atoms with Crippen molar-refractivity contribution in [2.24, 2.45) is 11.7 Å². The molecular formula is C16H20N2O2S. The van der Waals surface area contributed by atoms with E-state index in [2.05, 4.69) is 22.5 Å². The minimum absolute atomic E-state index is 0.0328. The Bertz CT molecular complexity index is 636. The summed E-state index contributed by atoms with van der Waals surface area (Å²) in [6.45, 7) is 2.32. The Morgan fingerprint density at radius 3 is 3.24 bits per heavy atom. The van der Waals surface area contributed by atoms with Gasteiger partial charge in [-0.05, 0) is 41.8 Å². The molecule has 2 saturated heterocycles. The van der Waals surface area contributed by atoms with Crippen LogP contribution in [0.3, 0.4) is 0 Å². The number of fused-ring (bicyclic) bond motifs is 1. The van der Waals surface area contributed by atoms with Crippen LogP contribution in [0.5, 0.6) is 0 Å². The number of pyridine rings is 1. The summed E-state index contributed by atoms with van der Waals surface area (Å²) in [6, 6.07) is 4.28. The second-order valence-electron chi connectivity index (χ2n) is 6.19. The quantitative estimate of drug-likeness (QED) is 0.927. The normalized spacial score (nSPS) is 31.0. The molecule has 0 aromatic carbocycles. The van der Waals surface area contributed by atoms with Crippen LogP contribution in [0.4, 0.5) is 0 Å². The standard InChI is InChI=1S/C16H20N2O2S/c17-15(12-7-14-13(18-9-12)2-6-21-14)11-1-4-20-16(8-11)3-5-19-10-16/h2,6-7,9,11,15H,1,3-5,8,10,17H2. The van der Waals surface area contributed by atoms with Gasteiger partial charge in [0.1, 0.15) is 0 Å². The van der Waals surface area contributed by atoms with Crippen molar-refractivity contribution in [2.45, 2.75) is 30.9 Å². The molecule has 2 aromatic rings. The Kier molecular flexibility index (Phi) is 3.46. The lowest BCUT2D eigenvalue weighted by Gasteiger charge is -2.39. The highest BCUT2D eigenvalue weighted by atomic mass is 32.1. The largest absolute Gasteiger partial charge is 0.378 e. The number of rotatable bonds is 2. The highest BCUT2D eigenvalue weighted by Crippen LogP contribution is 2.40. The van der Waals surface area contributed by atoms with Crippen molar-refractivity contribution in [1.82, 2.24) is 4.98 Å². The first kappa shape index (κ1) is 13.6. The third-order valence-corrected chi connectivity index (χ3v) is 5.67. The van der Waals surface area contributed by atoms with Gasteiger partial charge in [-0.25, -0.2) is 0 Å². The fourth-order valence-electron chi connectivity index (χ4n) is 3.55. The molecule has 2 aromatic heterocycles. The summed E-state index contributed by atoms with van der Waals surface area (Å²) < 4.78 is 12.8. The first-order chi connectivity index (χ1) is 10.3. The number of aromatic nitrogens is 1. The van der Waals surface area contributed by atoms with Crippen LogP contribution >= 0.6 is 11.3 Å². The van der Waals surface area contributed by atoms with Gasteiger partial charge in [0.2, 0.25) is 0 Å². The number of hydrogen-bond acceptors (Lipinski definition) is 5. The Morgan fingerprint density at radius 1 is 1.43 bits per heavy atom. The summed E-state index contributed by atoms with van der Waals surface area (Å²) >= 11 is 1.72. The summed E-state index contributed by atoms with van der Waals surface area (Å²) in [4.78, 5) is 4.52. The molecule has 1 spiro atoms. The van der Waals surface area contributed by atoms with Gasteiger partial charge in [0.15, 0.2) is 0 Å². The van der Waals surface area contributed by atoms with Crippen molar-refractivity contribution in [3.8, 4) is 0 Å². The van der Waals surface area contributed by atoms with Crippen molar-refractivity contribution in [3.05, 3.63) is 29.3 Å². The Balaban J connectivity index is 1.56. The van der Waals surface area contributed by atoms with Gasteiger partial charge < -0.3 is 15.2 Å². The van der Waals surface area contributed by atoms with E-state index in [4.69, 9.17) is 15.2 Å². The summed E-state index contributed by atoms with van der Waals surface area (Å²) in [5.74, 6) is 0.444. The predicted molar refractivity (Wildman–Crippen MR) is 83.4 cm³/mol. The highest BCUT2D eigenvalue weighted by molar-refractivity contribution is 7.17. The Morgan fingerprint density at radius 2 is 2.38 bits per heavy atom. The molecule has 3 unspecified atom stereocenters. The zero-order valence-electron chi connectivity index (χ0n) is 12.0. The van der Waals surface area contributed by atoms with Crippen LogP contribution in [0.15, 0.2) is 23.7 Å². The molecule has 21 heavy (non-hydrogen) atoms. The molecule has 2 aliphatic rings. The molecule has 0 bridgehead atoms. The second-order valence-corrected chi connectivity index (χ2v) is 7.13. The molecule has 4 rings (SSSR count). The van der Waals surface area contributed by atoms with Crippen molar-refractivity contribution in [1.29, 1.82) is 0 Å². The van der Waals surface area contributed by atoms with E-state index in [0.29, 0.717) is 5.92 Å². The van der Waals surface area contributed by atoms with E-state index in [0.717, 1.165) is 50.2 Å². The topological polar surface area (TPSA) is 57.4 Å². The third kappa shape index (κ3) is 2.48. The van der Waals surface area contributed by atoms with E-state index in [1.807, 2.05) is 6.20 Å². The minimum Gasteiger partial charge on any atom is -0.378 e. The Hall–Kier alpha value is -1.01. The average Bonchev–Trinajstić information content (AvgIpc) is 3.15. The maximum atomic E-state index is 6.55. The van der Waals surface area contributed by atoms with E-state index in [1.54, 1.807) is 11.3 Å². The Labute approximate surface area is 128 Å². The van der Waals surface area contributed by atoms with Crippen molar-refractivity contribution in [3.63, 3.8) is 0 Å². The lowest BCUT2D eigenvalue weighted by Crippen LogP contribution is -2.43. The van der Waals surface area contributed by atoms with E-state index < -0.39 is 0 Å². The van der Waals surface area contributed by atoms with Gasteiger partial charge >= 0.3 is 0 Å². The first-order valence-corrected chi connectivity index (χ1v) is 8.44. The molecule has 2 aliphatic heterocycles. The van der Waals surface area contributed by atoms with E-state index in [-0.39, 0.29) is 11.6 Å². The van der Waals surface area contributed by atoms with Crippen LogP contribution in [0.2, 0.25) is 0 Å². The lowest BCUT2D eigenvalue weighted by molar-refractivity contribution is -0.101. The van der Waals surface area contributed by atoms with Crippen LogP contribution in [-0.2, 0) is 9.47 Å². The number of ether oxygens (including phenoxy) is 2. The van der Waals surface area contributed by atoms with Crippen molar-refractivity contribution in [2.75, 3.05) is 19.8 Å². The monoisotopic (exact) mass is 304 g/mol. The molecule has 112 valence electrons. The molecule has 5 heteroatoms. The van der Waals surface area contributed by atoms with Gasteiger partial charge in [0.05, 0.1) is 22.4 Å². The van der Waals surface area contributed by atoms with Crippen LogP contribution in [0.1, 0.15) is 30.9 Å². The number of thiophene rings is 1. The smallest absolute Gasteiger partial charge is 0.0940 e. The van der Waals surface area contributed by atoms with Gasteiger partial charge in [0, 0.05) is 31.9 Å². The molecule has 4 nitrogen and oxygen atoms in total. The van der Waals surface area contributed by atoms with Gasteiger partial charge in [-0.15, -0.1) is 11.3 Å². The lowest BCUT2D eigenvalue weighted by atomic mass is 9.79. The summed E-state index contributed by atoms with van der Waals surface area (Å²) in [7, 11) is 0. The molecule has 0 saturated carbocycles. The number of nitrogens with zero attached hydrogens (tertiary/aromatic N) is 1. The van der Waals surface area contributed by atoms with Gasteiger partial charge in [-0.2, -0.15) is 0 Å². The van der Waals surface area contributed by atoms with E-state index in [1.165, 1.54) is 4.70 Å². The predicted octanol–water partition coefficient (Wildman–Crippen LogP) is 2.88. The zero-order chi connectivity index (χ0) is 14.3. The molecule has 2 N–H and O–H groups in total. The molecule has 4 heterocycles. The van der Waals surface area contributed by atoms with Gasteiger partial charge in [-0.1, -0.05) is 0 Å². The number of nitrogens with two attached hydrogens (primary N) is 1. The second kappa shape index (κ2) is 5.32. The third-order valence-electron chi connectivity index (χ3n) is 4.81. The fourth-order valence-corrected chi connectivity index (χ4v) is 4.34. The summed E-state index contributed by atoms with van der Waals surface area (Å²) in [6.07, 6.45) is 4.95. The minimum atomic E-state index is -0.0823. The molecule has 0 amide bonds. The highest BCUT2D eigenvalue weighted by Gasteiger charge is 2.42. The molecule has 0 radical (unpaired) electrons. The van der Waals surface area contributed by atoms with Crippen molar-refractivity contribution >= 4 is 21.6 Å².